The van der Waals surface area contributed by atoms with Crippen molar-refractivity contribution in [2.75, 3.05) is 20.1 Å². The molecular weight excluding hydrogens is 224 g/mol. The maximum absolute atomic E-state index is 12.0. The molecule has 1 amide bonds. The molecule has 98 valence electrons. The first-order chi connectivity index (χ1) is 8.65. The van der Waals surface area contributed by atoms with Gasteiger partial charge in [0, 0.05) is 12.1 Å². The zero-order chi connectivity index (χ0) is 13.4. The summed E-state index contributed by atoms with van der Waals surface area (Å²) in [6.45, 7) is 5.50. The van der Waals surface area contributed by atoms with E-state index in [4.69, 9.17) is 0 Å². The first-order valence-electron chi connectivity index (χ1n) is 6.29. The number of rotatable bonds is 6. The lowest BCUT2D eigenvalue weighted by molar-refractivity contribution is 0.0957. The molecule has 0 aromatic heterocycles. The molecule has 18 heavy (non-hydrogen) atoms. The number of benzene rings is 1. The Bertz CT molecular complexity index is 420. The van der Waals surface area contributed by atoms with Gasteiger partial charge in [-0.05, 0) is 45.5 Å². The Morgan fingerprint density at radius 1 is 1.28 bits per heavy atom. The second-order valence-electron chi connectivity index (χ2n) is 4.50. The normalized spacial score (nSPS) is 9.94. The summed E-state index contributed by atoms with van der Waals surface area (Å²) in [5.41, 5.74) is 3.07. The average Bonchev–Trinajstić information content (AvgIpc) is 2.36. The standard InChI is InChI=1S/C15H22N2O/c1-12(2)8-11-17-15(18)14-7-5-4-6-13(14)9-10-16-3/h4-8,16H,9-11H2,1-3H3,(H,17,18). The van der Waals surface area contributed by atoms with Crippen molar-refractivity contribution in [3.63, 3.8) is 0 Å². The smallest absolute Gasteiger partial charge is 0.251 e. The van der Waals surface area contributed by atoms with Gasteiger partial charge < -0.3 is 10.6 Å². The molecule has 3 nitrogen and oxygen atoms in total. The minimum atomic E-state index is -0.000738. The van der Waals surface area contributed by atoms with E-state index in [9.17, 15) is 4.79 Å². The molecule has 1 rings (SSSR count). The molecule has 0 atom stereocenters. The summed E-state index contributed by atoms with van der Waals surface area (Å²) in [7, 11) is 1.91. The van der Waals surface area contributed by atoms with Crippen molar-refractivity contribution in [2.24, 2.45) is 0 Å². The monoisotopic (exact) mass is 246 g/mol. The highest BCUT2D eigenvalue weighted by molar-refractivity contribution is 5.95. The van der Waals surface area contributed by atoms with Crippen LogP contribution in [0.5, 0.6) is 0 Å². The number of allylic oxidation sites excluding steroid dienone is 1. The fraction of sp³-hybridized carbons (Fsp3) is 0.400. The van der Waals surface area contributed by atoms with Gasteiger partial charge in [0.2, 0.25) is 0 Å². The van der Waals surface area contributed by atoms with E-state index < -0.39 is 0 Å². The topological polar surface area (TPSA) is 41.1 Å². The van der Waals surface area contributed by atoms with Gasteiger partial charge in [0.15, 0.2) is 0 Å². The quantitative estimate of drug-likeness (QED) is 0.755. The first-order valence-corrected chi connectivity index (χ1v) is 6.29. The van der Waals surface area contributed by atoms with Crippen LogP contribution in [0.25, 0.3) is 0 Å². The molecule has 0 heterocycles. The number of nitrogens with one attached hydrogen (secondary N) is 2. The van der Waals surface area contributed by atoms with E-state index in [0.29, 0.717) is 6.54 Å². The van der Waals surface area contributed by atoms with Gasteiger partial charge in [-0.3, -0.25) is 4.79 Å². The second kappa shape index (κ2) is 7.67. The van der Waals surface area contributed by atoms with Crippen molar-refractivity contribution in [1.29, 1.82) is 0 Å². The van der Waals surface area contributed by atoms with Crippen molar-refractivity contribution < 1.29 is 4.79 Å². The summed E-state index contributed by atoms with van der Waals surface area (Å²) in [6.07, 6.45) is 2.87. The van der Waals surface area contributed by atoms with E-state index in [1.807, 2.05) is 51.2 Å². The Kier molecular flexibility index (Phi) is 6.15. The molecule has 0 bridgehead atoms. The van der Waals surface area contributed by atoms with Crippen molar-refractivity contribution >= 4 is 5.91 Å². The van der Waals surface area contributed by atoms with E-state index in [2.05, 4.69) is 10.6 Å². The number of likely N-dealkylation sites (N-methyl/N-ethyl adjacent to an activating group) is 1. The van der Waals surface area contributed by atoms with Crippen molar-refractivity contribution in [1.82, 2.24) is 10.6 Å². The van der Waals surface area contributed by atoms with Crippen LogP contribution < -0.4 is 10.6 Å². The lowest BCUT2D eigenvalue weighted by Crippen LogP contribution is -2.25. The Balaban J connectivity index is 2.69. The lowest BCUT2D eigenvalue weighted by atomic mass is 10.0. The van der Waals surface area contributed by atoms with E-state index in [1.165, 1.54) is 5.57 Å². The molecule has 0 unspecified atom stereocenters. The molecular formula is C15H22N2O. The van der Waals surface area contributed by atoms with Crippen molar-refractivity contribution in [2.45, 2.75) is 20.3 Å². The van der Waals surface area contributed by atoms with Crippen LogP contribution in [-0.2, 0) is 6.42 Å². The highest BCUT2D eigenvalue weighted by Crippen LogP contribution is 2.09. The van der Waals surface area contributed by atoms with Crippen LogP contribution >= 0.6 is 0 Å². The molecule has 0 radical (unpaired) electrons. The molecule has 1 aromatic rings. The molecule has 0 saturated heterocycles. The van der Waals surface area contributed by atoms with Gasteiger partial charge >= 0.3 is 0 Å². The van der Waals surface area contributed by atoms with Crippen molar-refractivity contribution in [3.8, 4) is 0 Å². The molecule has 0 fully saturated rings. The Hall–Kier alpha value is -1.61. The highest BCUT2D eigenvalue weighted by atomic mass is 16.1. The minimum Gasteiger partial charge on any atom is -0.349 e. The second-order valence-corrected chi connectivity index (χ2v) is 4.50. The van der Waals surface area contributed by atoms with Gasteiger partial charge in [-0.15, -0.1) is 0 Å². The van der Waals surface area contributed by atoms with E-state index in [0.717, 1.165) is 24.1 Å². The summed E-state index contributed by atoms with van der Waals surface area (Å²) in [5, 5.41) is 6.01. The first kappa shape index (κ1) is 14.5. The molecule has 2 N–H and O–H groups in total. The molecule has 0 aliphatic carbocycles. The van der Waals surface area contributed by atoms with Gasteiger partial charge in [-0.2, -0.15) is 0 Å². The SMILES string of the molecule is CNCCc1ccccc1C(=O)NCC=C(C)C. The average molecular weight is 246 g/mol. The third-order valence-corrected chi connectivity index (χ3v) is 2.68. The third kappa shape index (κ3) is 4.72. The Morgan fingerprint density at radius 2 is 2.00 bits per heavy atom. The molecule has 0 aliphatic rings. The minimum absolute atomic E-state index is 0.000738. The molecule has 0 saturated carbocycles. The maximum atomic E-state index is 12.0. The number of carbonyl (C=O) groups is 1. The van der Waals surface area contributed by atoms with E-state index in [-0.39, 0.29) is 5.91 Å². The zero-order valence-electron chi connectivity index (χ0n) is 11.4. The number of carbonyl (C=O) groups excluding carboxylic acids is 1. The van der Waals surface area contributed by atoms with Gasteiger partial charge in [0.25, 0.3) is 5.91 Å². The number of amides is 1. The van der Waals surface area contributed by atoms with Crippen LogP contribution in [-0.4, -0.2) is 26.0 Å². The third-order valence-electron chi connectivity index (χ3n) is 2.68. The molecule has 0 aliphatic heterocycles. The van der Waals surface area contributed by atoms with Crippen LogP contribution in [0.4, 0.5) is 0 Å². The van der Waals surface area contributed by atoms with Crippen LogP contribution in [0, 0.1) is 0 Å². The fourth-order valence-corrected chi connectivity index (χ4v) is 1.66. The summed E-state index contributed by atoms with van der Waals surface area (Å²) < 4.78 is 0. The van der Waals surface area contributed by atoms with Crippen molar-refractivity contribution in [3.05, 3.63) is 47.0 Å². The Labute approximate surface area is 109 Å². The predicted octanol–water partition coefficient (Wildman–Crippen LogP) is 2.14. The summed E-state index contributed by atoms with van der Waals surface area (Å²) in [5.74, 6) is -0.000738. The molecule has 3 heteroatoms. The lowest BCUT2D eigenvalue weighted by Gasteiger charge is -2.09. The summed E-state index contributed by atoms with van der Waals surface area (Å²) in [4.78, 5) is 12.0. The predicted molar refractivity (Wildman–Crippen MR) is 75.8 cm³/mol. The van der Waals surface area contributed by atoms with Crippen LogP contribution in [0.1, 0.15) is 29.8 Å². The number of hydrogen-bond acceptors (Lipinski definition) is 2. The summed E-state index contributed by atoms with van der Waals surface area (Å²) >= 11 is 0. The molecule has 0 spiro atoms. The zero-order valence-corrected chi connectivity index (χ0v) is 11.4. The van der Waals surface area contributed by atoms with Gasteiger partial charge in [-0.25, -0.2) is 0 Å². The van der Waals surface area contributed by atoms with Gasteiger partial charge in [0.05, 0.1) is 0 Å². The number of hydrogen-bond donors (Lipinski definition) is 2. The van der Waals surface area contributed by atoms with Crippen LogP contribution in [0.15, 0.2) is 35.9 Å². The van der Waals surface area contributed by atoms with Crippen LogP contribution in [0.3, 0.4) is 0 Å². The highest BCUT2D eigenvalue weighted by Gasteiger charge is 2.09. The van der Waals surface area contributed by atoms with Gasteiger partial charge in [0.1, 0.15) is 0 Å². The maximum Gasteiger partial charge on any atom is 0.251 e. The Morgan fingerprint density at radius 3 is 2.67 bits per heavy atom. The summed E-state index contributed by atoms with van der Waals surface area (Å²) in [6, 6.07) is 7.76. The van der Waals surface area contributed by atoms with Crippen LogP contribution in [0.2, 0.25) is 0 Å². The largest absolute Gasteiger partial charge is 0.349 e. The fourth-order valence-electron chi connectivity index (χ4n) is 1.66. The van der Waals surface area contributed by atoms with Gasteiger partial charge in [-0.1, -0.05) is 29.8 Å². The van der Waals surface area contributed by atoms with E-state index >= 15 is 0 Å². The molecule has 1 aromatic carbocycles. The van der Waals surface area contributed by atoms with E-state index in [1.54, 1.807) is 0 Å².